The van der Waals surface area contributed by atoms with Crippen LogP contribution in [0.15, 0.2) is 4.47 Å². The van der Waals surface area contributed by atoms with Gasteiger partial charge in [0, 0.05) is 18.0 Å². The molecular weight excluding hydrogens is 238 g/mol. The van der Waals surface area contributed by atoms with Crippen LogP contribution in [0.4, 0.5) is 0 Å². The summed E-state index contributed by atoms with van der Waals surface area (Å²) in [5.74, 6) is 1.04. The fourth-order valence-corrected chi connectivity index (χ4v) is 2.95. The van der Waals surface area contributed by atoms with Gasteiger partial charge in [0.15, 0.2) is 0 Å². The summed E-state index contributed by atoms with van der Waals surface area (Å²) in [6.45, 7) is 4.74. The van der Waals surface area contributed by atoms with Crippen LogP contribution in [0.25, 0.3) is 0 Å². The molecule has 0 saturated carbocycles. The van der Waals surface area contributed by atoms with Crippen molar-refractivity contribution in [3.8, 4) is 5.75 Å². The normalized spacial score (nSPS) is 16.5. The molecule has 1 aliphatic heterocycles. The molecule has 0 unspecified atom stereocenters. The van der Waals surface area contributed by atoms with Gasteiger partial charge in [0.05, 0.1) is 9.35 Å². The van der Waals surface area contributed by atoms with Gasteiger partial charge in [-0.2, -0.15) is 0 Å². The van der Waals surface area contributed by atoms with Crippen molar-refractivity contribution in [2.45, 2.75) is 13.5 Å². The first kappa shape index (κ1) is 8.53. The molecule has 1 N–H and O–H groups in total. The summed E-state index contributed by atoms with van der Waals surface area (Å²) in [7, 11) is 0. The van der Waals surface area contributed by atoms with E-state index in [1.807, 2.05) is 0 Å². The summed E-state index contributed by atoms with van der Waals surface area (Å²) in [6, 6.07) is 0. The van der Waals surface area contributed by atoms with Crippen LogP contribution in [0, 0.1) is 6.92 Å². The Kier molecular flexibility index (Phi) is 2.39. The van der Waals surface area contributed by atoms with Crippen LogP contribution in [0.1, 0.15) is 9.75 Å². The Labute approximate surface area is 84.1 Å². The van der Waals surface area contributed by atoms with Crippen molar-refractivity contribution in [1.82, 2.24) is 5.32 Å². The number of ether oxygens (including phenoxy) is 1. The Balaban J connectivity index is 2.42. The lowest BCUT2D eigenvalue weighted by molar-refractivity contribution is 0.324. The average Bonchev–Trinajstić information content (AvgIpc) is 2.30. The number of thiophene rings is 1. The maximum absolute atomic E-state index is 5.60. The molecule has 0 spiro atoms. The van der Waals surface area contributed by atoms with Crippen LogP contribution >= 0.6 is 27.3 Å². The van der Waals surface area contributed by atoms with Crippen molar-refractivity contribution in [3.05, 3.63) is 14.2 Å². The van der Waals surface area contributed by atoms with Crippen molar-refractivity contribution in [2.24, 2.45) is 0 Å². The van der Waals surface area contributed by atoms with Crippen molar-refractivity contribution < 1.29 is 4.74 Å². The van der Waals surface area contributed by atoms with Gasteiger partial charge in [-0.3, -0.25) is 0 Å². The van der Waals surface area contributed by atoms with Crippen LogP contribution in [0.3, 0.4) is 0 Å². The molecule has 1 aliphatic rings. The molecule has 1 aromatic rings. The summed E-state index contributed by atoms with van der Waals surface area (Å²) < 4.78 is 6.73. The minimum Gasteiger partial charge on any atom is -0.490 e. The molecule has 12 heavy (non-hydrogen) atoms. The number of fused-ring (bicyclic) bond motifs is 1. The fourth-order valence-electron chi connectivity index (χ4n) is 1.25. The van der Waals surface area contributed by atoms with E-state index in [1.54, 1.807) is 11.3 Å². The topological polar surface area (TPSA) is 21.3 Å². The molecule has 2 rings (SSSR count). The van der Waals surface area contributed by atoms with Gasteiger partial charge in [-0.15, -0.1) is 11.3 Å². The van der Waals surface area contributed by atoms with E-state index in [-0.39, 0.29) is 0 Å². The number of rotatable bonds is 0. The second-order valence-corrected chi connectivity index (χ2v) is 4.85. The summed E-state index contributed by atoms with van der Waals surface area (Å²) in [6.07, 6.45) is 0. The van der Waals surface area contributed by atoms with E-state index in [0.717, 1.165) is 29.9 Å². The molecule has 66 valence electrons. The first-order chi connectivity index (χ1) is 5.79. The fraction of sp³-hybridized carbons (Fsp3) is 0.500. The maximum Gasteiger partial charge on any atom is 0.149 e. The number of hydrogen-bond donors (Lipinski definition) is 1. The van der Waals surface area contributed by atoms with Crippen molar-refractivity contribution >= 4 is 27.3 Å². The van der Waals surface area contributed by atoms with Gasteiger partial charge < -0.3 is 10.1 Å². The van der Waals surface area contributed by atoms with E-state index in [1.165, 1.54) is 9.75 Å². The average molecular weight is 248 g/mol. The Morgan fingerprint density at radius 2 is 2.42 bits per heavy atom. The predicted molar refractivity (Wildman–Crippen MR) is 54.0 cm³/mol. The minimum absolute atomic E-state index is 0.766. The maximum atomic E-state index is 5.60. The van der Waals surface area contributed by atoms with Gasteiger partial charge in [0.25, 0.3) is 0 Å². The lowest BCUT2D eigenvalue weighted by Crippen LogP contribution is -2.16. The van der Waals surface area contributed by atoms with E-state index in [2.05, 4.69) is 28.2 Å². The Morgan fingerprint density at radius 1 is 1.58 bits per heavy atom. The van der Waals surface area contributed by atoms with Crippen molar-refractivity contribution in [2.75, 3.05) is 13.2 Å². The second-order valence-electron chi connectivity index (χ2n) is 2.75. The molecule has 0 saturated heterocycles. The molecular formula is C8H10BrNOS. The highest BCUT2D eigenvalue weighted by Crippen LogP contribution is 2.39. The smallest absolute Gasteiger partial charge is 0.149 e. The summed E-state index contributed by atoms with van der Waals surface area (Å²) in [5, 5.41) is 3.31. The first-order valence-electron chi connectivity index (χ1n) is 3.90. The number of halogens is 1. The zero-order valence-electron chi connectivity index (χ0n) is 6.82. The molecule has 0 amide bonds. The number of hydrogen-bond acceptors (Lipinski definition) is 3. The summed E-state index contributed by atoms with van der Waals surface area (Å²) in [4.78, 5) is 2.60. The van der Waals surface area contributed by atoms with Gasteiger partial charge in [-0.05, 0) is 22.9 Å². The molecule has 0 bridgehead atoms. The van der Waals surface area contributed by atoms with E-state index < -0.39 is 0 Å². The molecule has 2 nitrogen and oxygen atoms in total. The van der Waals surface area contributed by atoms with E-state index in [0.29, 0.717) is 0 Å². The molecule has 4 heteroatoms. The largest absolute Gasteiger partial charge is 0.490 e. The highest BCUT2D eigenvalue weighted by Gasteiger charge is 2.16. The van der Waals surface area contributed by atoms with Gasteiger partial charge in [0.2, 0.25) is 0 Å². The van der Waals surface area contributed by atoms with Gasteiger partial charge in [-0.1, -0.05) is 0 Å². The number of nitrogens with one attached hydrogen (secondary N) is 1. The standard InChI is InChI=1S/C8H10BrNOS/c1-5-7(9)8-6(12-5)4-10-2-3-11-8/h10H,2-4H2,1H3. The predicted octanol–water partition coefficient (Wildman–Crippen LogP) is 2.30. The third kappa shape index (κ3) is 1.39. The quantitative estimate of drug-likeness (QED) is 0.760. The molecule has 1 aromatic heterocycles. The molecule has 0 atom stereocenters. The molecule has 0 fully saturated rings. The summed E-state index contributed by atoms with van der Waals surface area (Å²) in [5.41, 5.74) is 0. The SMILES string of the molecule is Cc1sc2c(c1Br)OCCNC2. The lowest BCUT2D eigenvalue weighted by Gasteiger charge is -2.00. The van der Waals surface area contributed by atoms with Crippen LogP contribution in [0.5, 0.6) is 5.75 Å². The monoisotopic (exact) mass is 247 g/mol. The molecule has 0 radical (unpaired) electrons. The van der Waals surface area contributed by atoms with Gasteiger partial charge in [0.1, 0.15) is 12.4 Å². The zero-order chi connectivity index (χ0) is 8.55. The number of aryl methyl sites for hydroxylation is 1. The van der Waals surface area contributed by atoms with E-state index in [9.17, 15) is 0 Å². The Hall–Kier alpha value is -0.0600. The van der Waals surface area contributed by atoms with Gasteiger partial charge in [-0.25, -0.2) is 0 Å². The van der Waals surface area contributed by atoms with E-state index >= 15 is 0 Å². The van der Waals surface area contributed by atoms with Crippen LogP contribution in [-0.4, -0.2) is 13.2 Å². The minimum atomic E-state index is 0.766. The van der Waals surface area contributed by atoms with Gasteiger partial charge >= 0.3 is 0 Å². The Bertz CT molecular complexity index is 297. The molecule has 0 aromatic carbocycles. The first-order valence-corrected chi connectivity index (χ1v) is 5.51. The van der Waals surface area contributed by atoms with Crippen LogP contribution < -0.4 is 10.1 Å². The highest BCUT2D eigenvalue weighted by atomic mass is 79.9. The lowest BCUT2D eigenvalue weighted by atomic mass is 10.4. The third-order valence-electron chi connectivity index (χ3n) is 1.85. The highest BCUT2D eigenvalue weighted by molar-refractivity contribution is 9.10. The molecule has 2 heterocycles. The van der Waals surface area contributed by atoms with Crippen molar-refractivity contribution in [1.29, 1.82) is 0 Å². The second kappa shape index (κ2) is 3.36. The van der Waals surface area contributed by atoms with E-state index in [4.69, 9.17) is 4.74 Å². The molecule has 0 aliphatic carbocycles. The van der Waals surface area contributed by atoms with Crippen molar-refractivity contribution in [3.63, 3.8) is 0 Å². The summed E-state index contributed by atoms with van der Waals surface area (Å²) >= 11 is 5.32. The third-order valence-corrected chi connectivity index (χ3v) is 4.15. The van der Waals surface area contributed by atoms with Crippen LogP contribution in [0.2, 0.25) is 0 Å². The Morgan fingerprint density at radius 3 is 3.25 bits per heavy atom. The van der Waals surface area contributed by atoms with Crippen LogP contribution in [-0.2, 0) is 6.54 Å². The zero-order valence-corrected chi connectivity index (χ0v) is 9.22.